The first-order chi connectivity index (χ1) is 9.90. The van der Waals surface area contributed by atoms with Gasteiger partial charge in [0.05, 0.1) is 0 Å². The maximum Gasteiger partial charge on any atom is 0.242 e. The number of piperazine rings is 1. The highest BCUT2D eigenvalue weighted by atomic mass is 19.1. The van der Waals surface area contributed by atoms with Gasteiger partial charge in [-0.1, -0.05) is 13.8 Å². The standard InChI is InChI=1S/C15H20FN3O2/c1-10(2)15(21)19-8-7-18(9-13(19)14(17)20)12-5-3-11(16)4-6-12/h3-6,10,13H,7-9H2,1-2H3,(H2,17,20)/t13-/m1/s1. The smallest absolute Gasteiger partial charge is 0.242 e. The number of anilines is 1. The lowest BCUT2D eigenvalue weighted by Gasteiger charge is -2.41. The number of hydrogen-bond donors (Lipinski definition) is 1. The van der Waals surface area contributed by atoms with E-state index in [2.05, 4.69) is 0 Å². The van der Waals surface area contributed by atoms with E-state index in [4.69, 9.17) is 5.73 Å². The van der Waals surface area contributed by atoms with Gasteiger partial charge in [-0.25, -0.2) is 4.39 Å². The zero-order chi connectivity index (χ0) is 15.6. The molecular formula is C15H20FN3O2. The molecule has 2 N–H and O–H groups in total. The third-order valence-corrected chi connectivity index (χ3v) is 3.68. The lowest BCUT2D eigenvalue weighted by atomic mass is 10.1. The van der Waals surface area contributed by atoms with Gasteiger partial charge in [-0.15, -0.1) is 0 Å². The highest BCUT2D eigenvalue weighted by Crippen LogP contribution is 2.20. The van der Waals surface area contributed by atoms with Gasteiger partial charge in [0.1, 0.15) is 11.9 Å². The van der Waals surface area contributed by atoms with Crippen LogP contribution in [0.3, 0.4) is 0 Å². The van der Waals surface area contributed by atoms with E-state index in [-0.39, 0.29) is 17.6 Å². The number of halogens is 1. The molecule has 1 saturated heterocycles. The lowest BCUT2D eigenvalue weighted by molar-refractivity contribution is -0.142. The van der Waals surface area contributed by atoms with Crippen LogP contribution in [0.25, 0.3) is 0 Å². The van der Waals surface area contributed by atoms with Crippen molar-refractivity contribution < 1.29 is 14.0 Å². The van der Waals surface area contributed by atoms with Crippen LogP contribution in [0.2, 0.25) is 0 Å². The summed E-state index contributed by atoms with van der Waals surface area (Å²) in [6.07, 6.45) is 0. The van der Waals surface area contributed by atoms with E-state index in [1.54, 1.807) is 30.9 Å². The molecule has 5 nitrogen and oxygen atoms in total. The van der Waals surface area contributed by atoms with Crippen LogP contribution in [0.1, 0.15) is 13.8 Å². The van der Waals surface area contributed by atoms with Crippen molar-refractivity contribution in [2.75, 3.05) is 24.5 Å². The number of primary amides is 1. The first-order valence-corrected chi connectivity index (χ1v) is 7.00. The molecule has 0 bridgehead atoms. The fourth-order valence-corrected chi connectivity index (χ4v) is 2.51. The molecule has 0 spiro atoms. The second kappa shape index (κ2) is 6.11. The molecule has 0 aliphatic carbocycles. The lowest BCUT2D eigenvalue weighted by Crippen LogP contribution is -2.60. The molecule has 1 aliphatic heterocycles. The average molecular weight is 293 g/mol. The molecule has 2 amide bonds. The summed E-state index contributed by atoms with van der Waals surface area (Å²) in [7, 11) is 0. The Labute approximate surface area is 123 Å². The van der Waals surface area contributed by atoms with Crippen LogP contribution in [0.5, 0.6) is 0 Å². The summed E-state index contributed by atoms with van der Waals surface area (Å²) in [5.74, 6) is -1.07. The largest absolute Gasteiger partial charge is 0.368 e. The molecule has 1 aromatic rings. The van der Waals surface area contributed by atoms with Crippen molar-refractivity contribution in [3.05, 3.63) is 30.1 Å². The van der Waals surface area contributed by atoms with Crippen molar-refractivity contribution in [2.45, 2.75) is 19.9 Å². The highest BCUT2D eigenvalue weighted by Gasteiger charge is 2.34. The third-order valence-electron chi connectivity index (χ3n) is 3.68. The number of nitrogens with zero attached hydrogens (tertiary/aromatic N) is 2. The van der Waals surface area contributed by atoms with Gasteiger partial charge in [0.15, 0.2) is 0 Å². The van der Waals surface area contributed by atoms with Gasteiger partial charge >= 0.3 is 0 Å². The number of nitrogens with two attached hydrogens (primary N) is 1. The van der Waals surface area contributed by atoms with Crippen LogP contribution in [0.15, 0.2) is 24.3 Å². The van der Waals surface area contributed by atoms with E-state index in [9.17, 15) is 14.0 Å². The molecule has 2 rings (SSSR count). The van der Waals surface area contributed by atoms with Crippen molar-refractivity contribution >= 4 is 17.5 Å². The fraction of sp³-hybridized carbons (Fsp3) is 0.467. The van der Waals surface area contributed by atoms with Crippen molar-refractivity contribution in [3.8, 4) is 0 Å². The molecule has 1 aliphatic rings. The van der Waals surface area contributed by atoms with Crippen molar-refractivity contribution in [3.63, 3.8) is 0 Å². The molecule has 0 aromatic heterocycles. The second-order valence-electron chi connectivity index (χ2n) is 5.53. The van der Waals surface area contributed by atoms with E-state index in [1.807, 2.05) is 4.90 Å². The second-order valence-corrected chi connectivity index (χ2v) is 5.53. The highest BCUT2D eigenvalue weighted by molar-refractivity contribution is 5.88. The number of carbonyl (C=O) groups is 2. The first-order valence-electron chi connectivity index (χ1n) is 7.00. The van der Waals surface area contributed by atoms with Crippen molar-refractivity contribution in [2.24, 2.45) is 11.7 Å². The summed E-state index contributed by atoms with van der Waals surface area (Å²) in [6, 6.07) is 5.42. The molecule has 6 heteroatoms. The number of benzene rings is 1. The number of hydrogen-bond acceptors (Lipinski definition) is 3. The minimum absolute atomic E-state index is 0.0717. The normalized spacial score (nSPS) is 19.0. The summed E-state index contributed by atoms with van der Waals surface area (Å²) >= 11 is 0. The quantitative estimate of drug-likeness (QED) is 0.903. The monoisotopic (exact) mass is 293 g/mol. The van der Waals surface area contributed by atoms with Gasteiger partial charge in [0.25, 0.3) is 0 Å². The van der Waals surface area contributed by atoms with Gasteiger partial charge in [-0.05, 0) is 24.3 Å². The minimum Gasteiger partial charge on any atom is -0.368 e. The van der Waals surface area contributed by atoms with Gasteiger partial charge in [-0.2, -0.15) is 0 Å². The SMILES string of the molecule is CC(C)C(=O)N1CCN(c2ccc(F)cc2)C[C@@H]1C(N)=O. The van der Waals surface area contributed by atoms with Crippen LogP contribution in [0.4, 0.5) is 10.1 Å². The predicted octanol–water partition coefficient (Wildman–Crippen LogP) is 0.984. The third kappa shape index (κ3) is 3.32. The average Bonchev–Trinajstić information content (AvgIpc) is 2.46. The summed E-state index contributed by atoms with van der Waals surface area (Å²) in [5.41, 5.74) is 6.26. The van der Waals surface area contributed by atoms with E-state index in [1.165, 1.54) is 12.1 Å². The Morgan fingerprint density at radius 2 is 1.86 bits per heavy atom. The topological polar surface area (TPSA) is 66.6 Å². The Hall–Kier alpha value is -2.11. The van der Waals surface area contributed by atoms with E-state index in [0.29, 0.717) is 19.6 Å². The minimum atomic E-state index is -0.654. The maximum atomic E-state index is 13.0. The fourth-order valence-electron chi connectivity index (χ4n) is 2.51. The summed E-state index contributed by atoms with van der Waals surface area (Å²) < 4.78 is 13.0. The van der Waals surface area contributed by atoms with Gasteiger partial charge in [0, 0.05) is 31.2 Å². The molecule has 0 saturated carbocycles. The summed E-state index contributed by atoms with van der Waals surface area (Å²) in [4.78, 5) is 27.3. The van der Waals surface area contributed by atoms with Gasteiger partial charge in [0.2, 0.25) is 11.8 Å². The van der Waals surface area contributed by atoms with Gasteiger partial charge < -0.3 is 15.5 Å². The molecule has 114 valence electrons. The molecule has 21 heavy (non-hydrogen) atoms. The molecule has 0 unspecified atom stereocenters. The summed E-state index contributed by atoms with van der Waals surface area (Å²) in [5, 5.41) is 0. The van der Waals surface area contributed by atoms with Crippen molar-refractivity contribution in [1.29, 1.82) is 0 Å². The summed E-state index contributed by atoms with van der Waals surface area (Å²) in [6.45, 7) is 4.95. The number of rotatable bonds is 3. The zero-order valence-corrected chi connectivity index (χ0v) is 12.3. The molecule has 1 heterocycles. The maximum absolute atomic E-state index is 13.0. The Morgan fingerprint density at radius 3 is 2.38 bits per heavy atom. The number of carbonyl (C=O) groups excluding carboxylic acids is 2. The van der Waals surface area contributed by atoms with Crippen LogP contribution in [0, 0.1) is 11.7 Å². The molecule has 1 aromatic carbocycles. The Balaban J connectivity index is 2.17. The first kappa shape index (κ1) is 15.3. The van der Waals surface area contributed by atoms with Gasteiger partial charge in [-0.3, -0.25) is 9.59 Å². The molecule has 1 fully saturated rings. The Kier molecular flexibility index (Phi) is 4.45. The number of amides is 2. The molecule has 1 atom stereocenters. The Bertz CT molecular complexity index is 530. The van der Waals surface area contributed by atoms with Crippen molar-refractivity contribution in [1.82, 2.24) is 4.90 Å². The van der Waals surface area contributed by atoms with Crippen LogP contribution < -0.4 is 10.6 Å². The van der Waals surface area contributed by atoms with E-state index < -0.39 is 11.9 Å². The predicted molar refractivity (Wildman–Crippen MR) is 78.1 cm³/mol. The van der Waals surface area contributed by atoms with E-state index >= 15 is 0 Å². The van der Waals surface area contributed by atoms with Crippen LogP contribution >= 0.6 is 0 Å². The van der Waals surface area contributed by atoms with Crippen LogP contribution in [-0.4, -0.2) is 42.4 Å². The van der Waals surface area contributed by atoms with Crippen LogP contribution in [-0.2, 0) is 9.59 Å². The molecular weight excluding hydrogens is 273 g/mol. The Morgan fingerprint density at radius 1 is 1.24 bits per heavy atom. The molecule has 0 radical (unpaired) electrons. The van der Waals surface area contributed by atoms with E-state index in [0.717, 1.165) is 5.69 Å². The zero-order valence-electron chi connectivity index (χ0n) is 12.3.